The lowest BCUT2D eigenvalue weighted by Gasteiger charge is -2.24. The number of hydrogen-bond acceptors (Lipinski definition) is 11. The number of amides is 1. The number of amidine groups is 1. The van der Waals surface area contributed by atoms with Gasteiger partial charge in [0.15, 0.2) is 6.79 Å². The van der Waals surface area contributed by atoms with Gasteiger partial charge in [-0.15, -0.1) is 0 Å². The minimum absolute atomic E-state index is 0.0134. The molecule has 0 bridgehead atoms. The molecule has 39 heavy (non-hydrogen) atoms. The summed E-state index contributed by atoms with van der Waals surface area (Å²) in [6.45, 7) is 13.3. The number of rotatable bonds is 11. The van der Waals surface area contributed by atoms with E-state index in [1.165, 1.54) is 13.1 Å². The first-order valence-corrected chi connectivity index (χ1v) is 13.7. The highest BCUT2D eigenvalue weighted by Gasteiger charge is 2.35. The van der Waals surface area contributed by atoms with Crippen molar-refractivity contribution in [2.75, 3.05) is 27.5 Å². The van der Waals surface area contributed by atoms with E-state index in [1.807, 2.05) is 13.8 Å². The maximum absolute atomic E-state index is 12.5. The Kier molecular flexibility index (Phi) is 19.4. The first kappa shape index (κ1) is 38.7. The number of carbonyl (C=O) groups is 4. The standard InChI is InChI=1S/C22H36N3O9P.C2H6.CH5N/c1-21(2,3)18(27)30-14-32-35(20(29)34-19(28)22(4,5)6)31-12-15-8-9-17(33-15)25(7)11-10-16(23)24-13-26;2*1-2/h10-11,13,15,17H,8-9,12,14H2,1-7H3,(H2,23,24,26);1-2H3;2H2,1H3/b11-10-;;. The lowest BCUT2D eigenvalue weighted by molar-refractivity contribution is -0.160. The van der Waals surface area contributed by atoms with Gasteiger partial charge in [0, 0.05) is 13.2 Å². The van der Waals surface area contributed by atoms with E-state index in [0.717, 1.165) is 0 Å². The number of nitrogens with zero attached hydrogens (tertiary/aromatic N) is 2. The van der Waals surface area contributed by atoms with Crippen LogP contribution in [0.1, 0.15) is 68.2 Å². The summed E-state index contributed by atoms with van der Waals surface area (Å²) in [5, 5.41) is 0. The minimum atomic E-state index is -2.37. The van der Waals surface area contributed by atoms with Crippen LogP contribution in [-0.2, 0) is 37.6 Å². The Balaban J connectivity index is 0. The van der Waals surface area contributed by atoms with Crippen LogP contribution in [0.15, 0.2) is 17.3 Å². The summed E-state index contributed by atoms with van der Waals surface area (Å²) in [6, 6.07) is 0. The van der Waals surface area contributed by atoms with Gasteiger partial charge in [0.05, 0.1) is 23.5 Å². The van der Waals surface area contributed by atoms with Gasteiger partial charge in [0.25, 0.3) is 8.38 Å². The maximum Gasteiger partial charge on any atom is 0.391 e. The van der Waals surface area contributed by atoms with Crippen molar-refractivity contribution in [1.82, 2.24) is 4.90 Å². The summed E-state index contributed by atoms with van der Waals surface area (Å²) < 4.78 is 26.8. The van der Waals surface area contributed by atoms with Crippen molar-refractivity contribution in [2.24, 2.45) is 27.3 Å². The molecular weight excluding hydrogens is 531 g/mol. The Hall–Kier alpha value is -2.44. The summed E-state index contributed by atoms with van der Waals surface area (Å²) in [5.74, 6) is -1.21. The van der Waals surface area contributed by atoms with Gasteiger partial charge < -0.3 is 35.1 Å². The number of hydrogen-bond donors (Lipinski definition) is 2. The van der Waals surface area contributed by atoms with Crippen LogP contribution >= 0.6 is 8.38 Å². The molecule has 226 valence electrons. The molecule has 0 aromatic rings. The van der Waals surface area contributed by atoms with Crippen molar-refractivity contribution in [3.8, 4) is 0 Å². The van der Waals surface area contributed by atoms with E-state index < -0.39 is 43.6 Å². The summed E-state index contributed by atoms with van der Waals surface area (Å²) >= 11 is 0. The molecule has 1 heterocycles. The Bertz CT molecular complexity index is 823. The fraction of sp³-hybridized carbons (Fsp3) is 0.720. The van der Waals surface area contributed by atoms with E-state index in [9.17, 15) is 19.2 Å². The van der Waals surface area contributed by atoms with Gasteiger partial charge in [-0.05, 0) is 67.5 Å². The van der Waals surface area contributed by atoms with Crippen LogP contribution in [0.4, 0.5) is 4.79 Å². The molecule has 1 aliphatic rings. The molecule has 0 aliphatic carbocycles. The van der Waals surface area contributed by atoms with Gasteiger partial charge in [-0.2, -0.15) is 4.99 Å². The lowest BCUT2D eigenvalue weighted by Crippen LogP contribution is -2.29. The molecule has 3 atom stereocenters. The lowest BCUT2D eigenvalue weighted by atomic mass is 9.98. The first-order valence-electron chi connectivity index (χ1n) is 12.5. The summed E-state index contributed by atoms with van der Waals surface area (Å²) in [6.07, 6.45) is 4.07. The molecule has 14 heteroatoms. The third-order valence-electron chi connectivity index (χ3n) is 4.51. The fourth-order valence-corrected chi connectivity index (χ4v) is 3.30. The number of carbonyl (C=O) groups excluding carboxylic acids is 4. The Morgan fingerprint density at radius 2 is 1.59 bits per heavy atom. The van der Waals surface area contributed by atoms with Gasteiger partial charge in [-0.3, -0.25) is 18.9 Å². The number of ether oxygens (including phenoxy) is 3. The quantitative estimate of drug-likeness (QED) is 0.0691. The monoisotopic (exact) mass is 578 g/mol. The van der Waals surface area contributed by atoms with Gasteiger partial charge in [0.2, 0.25) is 6.41 Å². The highest BCUT2D eigenvalue weighted by molar-refractivity contribution is 7.65. The van der Waals surface area contributed by atoms with Crippen molar-refractivity contribution < 1.29 is 42.4 Å². The van der Waals surface area contributed by atoms with Gasteiger partial charge in [-0.1, -0.05) is 13.8 Å². The molecule has 1 rings (SSSR count). The fourth-order valence-electron chi connectivity index (χ4n) is 2.41. The van der Waals surface area contributed by atoms with Crippen LogP contribution < -0.4 is 11.5 Å². The molecule has 0 aromatic heterocycles. The van der Waals surface area contributed by atoms with Gasteiger partial charge in [-0.25, -0.2) is 4.79 Å². The van der Waals surface area contributed by atoms with Crippen LogP contribution in [0.5, 0.6) is 0 Å². The molecule has 1 saturated heterocycles. The second-order valence-electron chi connectivity index (χ2n) is 9.82. The van der Waals surface area contributed by atoms with E-state index in [0.29, 0.717) is 19.3 Å². The molecule has 1 aliphatic heterocycles. The topological polar surface area (TPSA) is 182 Å². The maximum atomic E-state index is 12.5. The summed E-state index contributed by atoms with van der Waals surface area (Å²) in [7, 11) is 0.906. The van der Waals surface area contributed by atoms with E-state index in [1.54, 1.807) is 59.7 Å². The first-order chi connectivity index (χ1) is 18.1. The Morgan fingerprint density at radius 1 is 1.03 bits per heavy atom. The van der Waals surface area contributed by atoms with E-state index >= 15 is 0 Å². The van der Waals surface area contributed by atoms with Crippen LogP contribution in [-0.4, -0.2) is 74.6 Å². The largest absolute Gasteiger partial charge is 0.438 e. The molecule has 1 amide bonds. The molecule has 3 unspecified atom stereocenters. The zero-order chi connectivity index (χ0) is 30.8. The zero-order valence-corrected chi connectivity index (χ0v) is 25.8. The second-order valence-corrected chi connectivity index (χ2v) is 11.2. The molecule has 0 spiro atoms. The predicted molar refractivity (Wildman–Crippen MR) is 149 cm³/mol. The van der Waals surface area contributed by atoms with Crippen LogP contribution in [0, 0.1) is 10.8 Å². The van der Waals surface area contributed by atoms with Crippen LogP contribution in [0.25, 0.3) is 0 Å². The summed E-state index contributed by atoms with van der Waals surface area (Å²) in [5.41, 5.74) is 7.39. The highest BCUT2D eigenvalue weighted by atomic mass is 31.2. The van der Waals surface area contributed by atoms with E-state index in [4.69, 9.17) is 29.0 Å². The average molecular weight is 579 g/mol. The smallest absolute Gasteiger partial charge is 0.391 e. The molecule has 0 radical (unpaired) electrons. The molecule has 1 fully saturated rings. The highest BCUT2D eigenvalue weighted by Crippen LogP contribution is 2.42. The van der Waals surface area contributed by atoms with Gasteiger partial charge >= 0.3 is 17.6 Å². The molecular formula is C25H47N4O9P. The summed E-state index contributed by atoms with van der Waals surface area (Å²) in [4.78, 5) is 52.1. The number of esters is 2. The third kappa shape index (κ3) is 16.3. The molecule has 0 saturated carbocycles. The molecule has 0 aromatic carbocycles. The van der Waals surface area contributed by atoms with Crippen LogP contribution in [0.3, 0.4) is 0 Å². The van der Waals surface area contributed by atoms with Crippen LogP contribution in [0.2, 0.25) is 0 Å². The van der Waals surface area contributed by atoms with Crippen molar-refractivity contribution in [3.63, 3.8) is 0 Å². The SMILES string of the molecule is CC.CN.CN(/C=C\C(N)=NC=O)C1CCC(COP(OCOC(=O)C(C)(C)C)C(=O)OC(=O)C(C)(C)C)O1. The molecule has 13 nitrogen and oxygen atoms in total. The zero-order valence-electron chi connectivity index (χ0n) is 24.9. The van der Waals surface area contributed by atoms with E-state index in [-0.39, 0.29) is 24.8 Å². The minimum Gasteiger partial charge on any atom is -0.438 e. The van der Waals surface area contributed by atoms with Crippen molar-refractivity contribution in [3.05, 3.63) is 12.3 Å². The van der Waals surface area contributed by atoms with Gasteiger partial charge in [0.1, 0.15) is 12.1 Å². The number of aliphatic imine (C=N–C) groups is 1. The molecule has 4 N–H and O–H groups in total. The van der Waals surface area contributed by atoms with Crippen molar-refractivity contribution in [2.45, 2.75) is 80.6 Å². The predicted octanol–water partition coefficient (Wildman–Crippen LogP) is 3.65. The van der Waals surface area contributed by atoms with Crippen molar-refractivity contribution in [1.29, 1.82) is 0 Å². The van der Waals surface area contributed by atoms with Crippen molar-refractivity contribution >= 4 is 38.3 Å². The van der Waals surface area contributed by atoms with E-state index in [2.05, 4.69) is 10.7 Å². The normalized spacial score (nSPS) is 18.2. The average Bonchev–Trinajstić information content (AvgIpc) is 3.35. The third-order valence-corrected chi connectivity index (χ3v) is 5.63. The Labute approximate surface area is 233 Å². The number of nitrogens with two attached hydrogens (primary N) is 2. The second kappa shape index (κ2) is 19.6. The Morgan fingerprint density at radius 3 is 2.10 bits per heavy atom.